The maximum absolute atomic E-state index is 6.11. The first-order valence-electron chi connectivity index (χ1n) is 7.56. The Kier molecular flexibility index (Phi) is 6.15. The molecule has 0 radical (unpaired) electrons. The monoisotopic (exact) mass is 306 g/mol. The molecule has 0 saturated carbocycles. The smallest absolute Gasteiger partial charge is 0.134 e. The summed E-state index contributed by atoms with van der Waals surface area (Å²) in [6.45, 7) is 7.10. The van der Waals surface area contributed by atoms with Gasteiger partial charge in [0.1, 0.15) is 11.3 Å². The molecule has 3 nitrogen and oxygen atoms in total. The second-order valence-electron chi connectivity index (χ2n) is 5.50. The van der Waals surface area contributed by atoms with Crippen LogP contribution in [0.5, 0.6) is 0 Å². The van der Waals surface area contributed by atoms with E-state index in [0.29, 0.717) is 6.04 Å². The second kappa shape index (κ2) is 7.87. The number of fused-ring (bicyclic) bond motifs is 1. The van der Waals surface area contributed by atoms with Crippen molar-refractivity contribution in [3.05, 3.63) is 35.6 Å². The van der Waals surface area contributed by atoms with Gasteiger partial charge in [-0.05, 0) is 32.8 Å². The molecular formula is C17H26N2OS. The normalized spacial score (nSPS) is 13.2. The van der Waals surface area contributed by atoms with Crippen molar-refractivity contribution in [3.8, 4) is 0 Å². The summed E-state index contributed by atoms with van der Waals surface area (Å²) in [5, 5.41) is 4.66. The van der Waals surface area contributed by atoms with E-state index >= 15 is 0 Å². The number of rotatable bonds is 8. The lowest BCUT2D eigenvalue weighted by Crippen LogP contribution is -2.30. The van der Waals surface area contributed by atoms with Crippen molar-refractivity contribution >= 4 is 22.7 Å². The fourth-order valence-corrected chi connectivity index (χ4v) is 3.21. The predicted octanol–water partition coefficient (Wildman–Crippen LogP) is 3.73. The van der Waals surface area contributed by atoms with Crippen molar-refractivity contribution in [2.45, 2.75) is 33.0 Å². The molecule has 0 bridgehead atoms. The van der Waals surface area contributed by atoms with Gasteiger partial charge in [0.2, 0.25) is 0 Å². The summed E-state index contributed by atoms with van der Waals surface area (Å²) in [4.78, 5) is 2.36. The highest BCUT2D eigenvalue weighted by Crippen LogP contribution is 2.27. The predicted molar refractivity (Wildman–Crippen MR) is 92.9 cm³/mol. The highest BCUT2D eigenvalue weighted by molar-refractivity contribution is 7.98. The summed E-state index contributed by atoms with van der Waals surface area (Å²) in [6, 6.07) is 8.87. The number of nitrogens with zero attached hydrogens (tertiary/aromatic N) is 1. The van der Waals surface area contributed by atoms with Gasteiger partial charge in [-0.3, -0.25) is 4.90 Å². The molecule has 2 aromatic rings. The molecule has 0 fully saturated rings. The average molecular weight is 306 g/mol. The van der Waals surface area contributed by atoms with Crippen molar-refractivity contribution in [2.24, 2.45) is 0 Å². The van der Waals surface area contributed by atoms with Gasteiger partial charge in [0.05, 0.1) is 6.54 Å². The van der Waals surface area contributed by atoms with Crippen LogP contribution in [0.3, 0.4) is 0 Å². The molecule has 116 valence electrons. The molecule has 0 aliphatic heterocycles. The maximum Gasteiger partial charge on any atom is 0.134 e. The largest absolute Gasteiger partial charge is 0.459 e. The van der Waals surface area contributed by atoms with Crippen molar-refractivity contribution in [2.75, 3.05) is 25.6 Å². The van der Waals surface area contributed by atoms with Crippen LogP contribution in [0.1, 0.15) is 25.2 Å². The van der Waals surface area contributed by atoms with Crippen LogP contribution in [0.2, 0.25) is 0 Å². The molecular weight excluding hydrogens is 280 g/mol. The van der Waals surface area contributed by atoms with Gasteiger partial charge in [-0.2, -0.15) is 11.8 Å². The zero-order chi connectivity index (χ0) is 15.2. The number of thioether (sulfide) groups is 1. The van der Waals surface area contributed by atoms with Crippen LogP contribution in [-0.4, -0.2) is 36.5 Å². The van der Waals surface area contributed by atoms with Crippen LogP contribution in [0.15, 0.2) is 28.7 Å². The zero-order valence-electron chi connectivity index (χ0n) is 13.5. The SMILES string of the molecule is CCNCc1c(CN(C)C(C)CSC)oc2ccccc12. The van der Waals surface area contributed by atoms with Gasteiger partial charge in [0, 0.05) is 29.3 Å². The van der Waals surface area contributed by atoms with Crippen molar-refractivity contribution in [1.82, 2.24) is 10.2 Å². The summed E-state index contributed by atoms with van der Waals surface area (Å²) in [6.07, 6.45) is 2.15. The third kappa shape index (κ3) is 4.02. The zero-order valence-corrected chi connectivity index (χ0v) is 14.3. The Morgan fingerprint density at radius 1 is 1.33 bits per heavy atom. The fourth-order valence-electron chi connectivity index (χ4n) is 2.47. The van der Waals surface area contributed by atoms with Crippen LogP contribution in [0.4, 0.5) is 0 Å². The molecule has 0 amide bonds. The Bertz CT molecular complexity index is 567. The van der Waals surface area contributed by atoms with E-state index in [2.05, 4.69) is 55.6 Å². The topological polar surface area (TPSA) is 28.4 Å². The average Bonchev–Trinajstić information content (AvgIpc) is 2.82. The molecule has 1 heterocycles. The van der Waals surface area contributed by atoms with Gasteiger partial charge in [0.25, 0.3) is 0 Å². The Morgan fingerprint density at radius 3 is 2.81 bits per heavy atom. The molecule has 21 heavy (non-hydrogen) atoms. The van der Waals surface area contributed by atoms with Gasteiger partial charge in [0.15, 0.2) is 0 Å². The second-order valence-corrected chi connectivity index (χ2v) is 6.41. The number of hydrogen-bond donors (Lipinski definition) is 1. The van der Waals surface area contributed by atoms with E-state index in [0.717, 1.165) is 36.7 Å². The van der Waals surface area contributed by atoms with Crippen molar-refractivity contribution in [1.29, 1.82) is 0 Å². The van der Waals surface area contributed by atoms with Gasteiger partial charge in [-0.25, -0.2) is 0 Å². The summed E-state index contributed by atoms with van der Waals surface area (Å²) < 4.78 is 6.11. The van der Waals surface area contributed by atoms with E-state index < -0.39 is 0 Å². The third-order valence-electron chi connectivity index (χ3n) is 3.89. The standard InChI is InChI=1S/C17H26N2OS/c1-5-18-10-15-14-8-6-7-9-16(14)20-17(15)11-19(3)13(2)12-21-4/h6-9,13,18H,5,10-12H2,1-4H3. The molecule has 0 spiro atoms. The molecule has 1 aromatic heterocycles. The summed E-state index contributed by atoms with van der Waals surface area (Å²) in [5.41, 5.74) is 2.29. The van der Waals surface area contributed by atoms with Crippen molar-refractivity contribution < 1.29 is 4.42 Å². The Morgan fingerprint density at radius 2 is 2.10 bits per heavy atom. The molecule has 0 saturated heterocycles. The first kappa shape index (κ1) is 16.4. The first-order chi connectivity index (χ1) is 10.2. The van der Waals surface area contributed by atoms with E-state index in [4.69, 9.17) is 4.42 Å². The molecule has 4 heteroatoms. The third-order valence-corrected chi connectivity index (χ3v) is 4.70. The van der Waals surface area contributed by atoms with Crippen LogP contribution < -0.4 is 5.32 Å². The van der Waals surface area contributed by atoms with E-state index in [1.807, 2.05) is 17.8 Å². The number of hydrogen-bond acceptors (Lipinski definition) is 4. The Balaban J connectivity index is 2.25. The Labute approximate surface area is 132 Å². The molecule has 1 atom stereocenters. The minimum Gasteiger partial charge on any atom is -0.459 e. The number of para-hydroxylation sites is 1. The highest BCUT2D eigenvalue weighted by atomic mass is 32.2. The minimum atomic E-state index is 0.542. The van der Waals surface area contributed by atoms with Crippen molar-refractivity contribution in [3.63, 3.8) is 0 Å². The highest BCUT2D eigenvalue weighted by Gasteiger charge is 2.17. The molecule has 1 N–H and O–H groups in total. The minimum absolute atomic E-state index is 0.542. The van der Waals surface area contributed by atoms with E-state index in [-0.39, 0.29) is 0 Å². The molecule has 2 rings (SSSR count). The lowest BCUT2D eigenvalue weighted by Gasteiger charge is -2.23. The molecule has 1 aromatic carbocycles. The first-order valence-corrected chi connectivity index (χ1v) is 8.95. The van der Waals surface area contributed by atoms with Crippen LogP contribution in [-0.2, 0) is 13.1 Å². The van der Waals surface area contributed by atoms with E-state index in [1.54, 1.807) is 0 Å². The summed E-state index contributed by atoms with van der Waals surface area (Å²) in [5.74, 6) is 2.23. The van der Waals surface area contributed by atoms with Crippen LogP contribution in [0.25, 0.3) is 11.0 Å². The van der Waals surface area contributed by atoms with Crippen LogP contribution >= 0.6 is 11.8 Å². The Hall–Kier alpha value is -0.970. The number of furan rings is 1. The van der Waals surface area contributed by atoms with Gasteiger partial charge < -0.3 is 9.73 Å². The molecule has 1 unspecified atom stereocenters. The summed E-state index contributed by atoms with van der Waals surface area (Å²) >= 11 is 1.89. The van der Waals surface area contributed by atoms with Gasteiger partial charge >= 0.3 is 0 Å². The lowest BCUT2D eigenvalue weighted by atomic mass is 10.1. The van der Waals surface area contributed by atoms with E-state index in [1.165, 1.54) is 10.9 Å². The number of nitrogens with one attached hydrogen (secondary N) is 1. The number of benzene rings is 1. The van der Waals surface area contributed by atoms with Gasteiger partial charge in [-0.1, -0.05) is 25.1 Å². The van der Waals surface area contributed by atoms with E-state index in [9.17, 15) is 0 Å². The molecule has 0 aliphatic rings. The lowest BCUT2D eigenvalue weighted by molar-refractivity contribution is 0.248. The summed E-state index contributed by atoms with van der Waals surface area (Å²) in [7, 11) is 2.17. The molecule has 0 aliphatic carbocycles. The maximum atomic E-state index is 6.11. The fraction of sp³-hybridized carbons (Fsp3) is 0.529. The van der Waals surface area contributed by atoms with Gasteiger partial charge in [-0.15, -0.1) is 0 Å². The van der Waals surface area contributed by atoms with Crippen LogP contribution in [0, 0.1) is 0 Å². The quantitative estimate of drug-likeness (QED) is 0.804.